The monoisotopic (exact) mass is 362 g/mol. The van der Waals surface area contributed by atoms with Crippen LogP contribution in [-0.2, 0) is 17.3 Å². The zero-order chi connectivity index (χ0) is 20.0. The number of rotatable bonds is 4. The predicted octanol–water partition coefficient (Wildman–Crippen LogP) is 6.36. The average molecular weight is 363 g/mol. The van der Waals surface area contributed by atoms with Gasteiger partial charge in [0.2, 0.25) is 0 Å². The second kappa shape index (κ2) is 6.67. The molecule has 0 aromatic heterocycles. The van der Waals surface area contributed by atoms with Gasteiger partial charge in [-0.3, -0.25) is 0 Å². The van der Waals surface area contributed by atoms with E-state index in [1.807, 2.05) is 12.1 Å². The second-order valence-electron chi connectivity index (χ2n) is 9.01. The first-order valence-electron chi connectivity index (χ1n) is 9.78. The molecule has 0 saturated carbocycles. The lowest BCUT2D eigenvalue weighted by atomic mass is 9.62. The van der Waals surface area contributed by atoms with Crippen LogP contribution in [0.25, 0.3) is 5.57 Å². The number of hydrogen-bond donors (Lipinski definition) is 1. The van der Waals surface area contributed by atoms with E-state index in [-0.39, 0.29) is 10.8 Å². The Morgan fingerprint density at radius 3 is 2.00 bits per heavy atom. The smallest absolute Gasteiger partial charge is 0.336 e. The number of aromatic carboxylic acids is 1. The van der Waals surface area contributed by atoms with E-state index in [4.69, 9.17) is 0 Å². The molecule has 0 radical (unpaired) electrons. The molecular weight excluding hydrogens is 332 g/mol. The number of fused-ring (bicyclic) bond motifs is 1. The Bertz CT molecular complexity index is 916. The van der Waals surface area contributed by atoms with Crippen molar-refractivity contribution in [1.29, 1.82) is 0 Å². The van der Waals surface area contributed by atoms with Gasteiger partial charge in [0.05, 0.1) is 5.56 Å². The van der Waals surface area contributed by atoms with Crippen LogP contribution in [0, 0.1) is 0 Å². The molecule has 0 spiro atoms. The highest BCUT2D eigenvalue weighted by atomic mass is 16.4. The van der Waals surface area contributed by atoms with Crippen LogP contribution in [0.4, 0.5) is 0 Å². The molecule has 0 atom stereocenters. The molecule has 27 heavy (non-hydrogen) atoms. The molecule has 0 aliphatic heterocycles. The fraction of sp³-hybridized carbons (Fsp3) is 0.400. The standard InChI is InChI=1S/C25H30O2/c1-7-17-14-21-22(25(5,6)13-12-24(21,3)4)15-20(17)16(2)18-10-8-9-11-19(18)23(26)27/h8-11,14-15H,2,7,12-13H2,1,3-6H3,(H,26,27). The Labute approximate surface area is 162 Å². The molecule has 0 bridgehead atoms. The Balaban J connectivity index is 2.23. The molecule has 0 fully saturated rings. The molecule has 2 heteroatoms. The van der Waals surface area contributed by atoms with Gasteiger partial charge in [-0.05, 0) is 69.5 Å². The van der Waals surface area contributed by atoms with Crippen LogP contribution in [0.1, 0.15) is 85.6 Å². The van der Waals surface area contributed by atoms with Crippen molar-refractivity contribution in [2.75, 3.05) is 0 Å². The van der Waals surface area contributed by atoms with Crippen molar-refractivity contribution >= 4 is 11.5 Å². The minimum absolute atomic E-state index is 0.110. The van der Waals surface area contributed by atoms with Crippen molar-refractivity contribution < 1.29 is 9.90 Å². The van der Waals surface area contributed by atoms with E-state index in [0.29, 0.717) is 11.1 Å². The SMILES string of the molecule is C=C(c1cc2c(cc1CC)C(C)(C)CCC2(C)C)c1ccccc1C(=O)O. The van der Waals surface area contributed by atoms with Gasteiger partial charge in [-0.1, -0.05) is 71.5 Å². The topological polar surface area (TPSA) is 37.3 Å². The third-order valence-corrected chi connectivity index (χ3v) is 6.27. The molecule has 1 aliphatic carbocycles. The minimum Gasteiger partial charge on any atom is -0.478 e. The van der Waals surface area contributed by atoms with Gasteiger partial charge in [0.15, 0.2) is 0 Å². The molecule has 3 rings (SSSR count). The maximum Gasteiger partial charge on any atom is 0.336 e. The van der Waals surface area contributed by atoms with Crippen LogP contribution >= 0.6 is 0 Å². The summed E-state index contributed by atoms with van der Waals surface area (Å²) in [5.41, 5.74) is 7.20. The van der Waals surface area contributed by atoms with Gasteiger partial charge in [-0.25, -0.2) is 4.79 Å². The van der Waals surface area contributed by atoms with E-state index in [9.17, 15) is 9.90 Å². The zero-order valence-electron chi connectivity index (χ0n) is 17.1. The molecule has 2 nitrogen and oxygen atoms in total. The largest absolute Gasteiger partial charge is 0.478 e. The first-order chi connectivity index (χ1) is 12.6. The number of benzene rings is 2. The highest BCUT2D eigenvalue weighted by Gasteiger charge is 2.37. The maximum absolute atomic E-state index is 11.7. The third kappa shape index (κ3) is 3.34. The maximum atomic E-state index is 11.7. The van der Waals surface area contributed by atoms with Crippen molar-refractivity contribution in [3.8, 4) is 0 Å². The van der Waals surface area contributed by atoms with Crippen LogP contribution in [0.5, 0.6) is 0 Å². The molecule has 1 N–H and O–H groups in total. The Morgan fingerprint density at radius 1 is 0.963 bits per heavy atom. The average Bonchev–Trinajstić information content (AvgIpc) is 2.64. The van der Waals surface area contributed by atoms with Gasteiger partial charge in [-0.2, -0.15) is 0 Å². The summed E-state index contributed by atoms with van der Waals surface area (Å²) in [5, 5.41) is 9.59. The van der Waals surface area contributed by atoms with Gasteiger partial charge in [0.1, 0.15) is 0 Å². The van der Waals surface area contributed by atoms with Crippen LogP contribution in [0.2, 0.25) is 0 Å². The van der Waals surface area contributed by atoms with Gasteiger partial charge < -0.3 is 5.11 Å². The fourth-order valence-electron chi connectivity index (χ4n) is 4.31. The molecule has 0 heterocycles. The summed E-state index contributed by atoms with van der Waals surface area (Å²) < 4.78 is 0. The highest BCUT2D eigenvalue weighted by Crippen LogP contribution is 2.47. The van der Waals surface area contributed by atoms with Crippen LogP contribution in [-0.4, -0.2) is 11.1 Å². The Hall–Kier alpha value is -2.35. The van der Waals surface area contributed by atoms with Crippen LogP contribution in [0.3, 0.4) is 0 Å². The molecule has 0 unspecified atom stereocenters. The first kappa shape index (κ1) is 19.4. The number of hydrogen-bond acceptors (Lipinski definition) is 1. The van der Waals surface area contributed by atoms with Gasteiger partial charge in [0.25, 0.3) is 0 Å². The first-order valence-corrected chi connectivity index (χ1v) is 9.78. The molecular formula is C25H30O2. The number of carboxylic acid groups (broad SMARTS) is 1. The lowest BCUT2D eigenvalue weighted by Gasteiger charge is -2.42. The summed E-state index contributed by atoms with van der Waals surface area (Å²) in [7, 11) is 0. The number of carbonyl (C=O) groups is 1. The van der Waals surface area contributed by atoms with Crippen LogP contribution < -0.4 is 0 Å². The molecule has 142 valence electrons. The quantitative estimate of drug-likeness (QED) is 0.687. The van der Waals surface area contributed by atoms with Crippen molar-refractivity contribution in [3.63, 3.8) is 0 Å². The summed E-state index contributed by atoms with van der Waals surface area (Å²) in [6, 6.07) is 11.8. The molecule has 2 aromatic carbocycles. The van der Waals surface area contributed by atoms with E-state index in [0.717, 1.165) is 24.0 Å². The minimum atomic E-state index is -0.913. The lowest BCUT2D eigenvalue weighted by Crippen LogP contribution is -2.34. The van der Waals surface area contributed by atoms with E-state index in [1.165, 1.54) is 23.1 Å². The molecule has 0 saturated heterocycles. The third-order valence-electron chi connectivity index (χ3n) is 6.27. The second-order valence-corrected chi connectivity index (χ2v) is 9.01. The summed E-state index contributed by atoms with van der Waals surface area (Å²) in [4.78, 5) is 11.7. The van der Waals surface area contributed by atoms with Crippen molar-refractivity contribution in [1.82, 2.24) is 0 Å². The van der Waals surface area contributed by atoms with E-state index in [1.54, 1.807) is 12.1 Å². The van der Waals surface area contributed by atoms with Gasteiger partial charge in [0, 0.05) is 0 Å². The van der Waals surface area contributed by atoms with Crippen molar-refractivity contribution in [3.05, 3.63) is 76.4 Å². The van der Waals surface area contributed by atoms with E-state index < -0.39 is 5.97 Å². The zero-order valence-corrected chi connectivity index (χ0v) is 17.1. The molecule has 2 aromatic rings. The number of carboxylic acids is 1. The normalized spacial score (nSPS) is 17.2. The Kier molecular flexibility index (Phi) is 4.80. The summed E-state index contributed by atoms with van der Waals surface area (Å²) in [5.74, 6) is -0.913. The summed E-state index contributed by atoms with van der Waals surface area (Å²) >= 11 is 0. The van der Waals surface area contributed by atoms with Crippen molar-refractivity contribution in [2.24, 2.45) is 0 Å². The summed E-state index contributed by atoms with van der Waals surface area (Å²) in [6.07, 6.45) is 3.22. The lowest BCUT2D eigenvalue weighted by molar-refractivity contribution is 0.0696. The van der Waals surface area contributed by atoms with E-state index >= 15 is 0 Å². The molecule has 1 aliphatic rings. The summed E-state index contributed by atoms with van der Waals surface area (Å²) in [6.45, 7) is 15.7. The number of aryl methyl sites for hydroxylation is 1. The Morgan fingerprint density at radius 2 is 1.48 bits per heavy atom. The van der Waals surface area contributed by atoms with Crippen LogP contribution in [0.15, 0.2) is 43.0 Å². The van der Waals surface area contributed by atoms with Crippen molar-refractivity contribution in [2.45, 2.75) is 64.7 Å². The highest BCUT2D eigenvalue weighted by molar-refractivity contribution is 5.97. The van der Waals surface area contributed by atoms with E-state index in [2.05, 4.69) is 53.3 Å². The fourth-order valence-corrected chi connectivity index (χ4v) is 4.31. The van der Waals surface area contributed by atoms with Gasteiger partial charge >= 0.3 is 5.97 Å². The predicted molar refractivity (Wildman–Crippen MR) is 113 cm³/mol. The molecule has 0 amide bonds. The van der Waals surface area contributed by atoms with Gasteiger partial charge in [-0.15, -0.1) is 0 Å².